The van der Waals surface area contributed by atoms with Gasteiger partial charge in [0, 0.05) is 5.02 Å². The van der Waals surface area contributed by atoms with Gasteiger partial charge < -0.3 is 10.1 Å². The first-order chi connectivity index (χ1) is 13.5. The largest absolute Gasteiger partial charge is 0.462 e. The van der Waals surface area contributed by atoms with Crippen LogP contribution in [0.1, 0.15) is 22.8 Å². The molecule has 0 saturated carbocycles. The van der Waals surface area contributed by atoms with E-state index in [1.165, 1.54) is 24.3 Å². The highest BCUT2D eigenvalue weighted by atomic mass is 35.5. The lowest BCUT2D eigenvalue weighted by molar-refractivity contribution is -0.114. The molecule has 1 amide bonds. The maximum atomic E-state index is 12.5. The van der Waals surface area contributed by atoms with Crippen molar-refractivity contribution in [3.8, 4) is 0 Å². The van der Waals surface area contributed by atoms with Gasteiger partial charge in [-0.3, -0.25) is 9.10 Å². The third kappa shape index (κ3) is 6.09. The van der Waals surface area contributed by atoms with Gasteiger partial charge in [0.1, 0.15) is 6.54 Å². The number of hydrogen-bond donors (Lipinski definition) is 1. The molecule has 0 fully saturated rings. The van der Waals surface area contributed by atoms with Crippen LogP contribution in [0.3, 0.4) is 0 Å². The molecule has 0 spiro atoms. The van der Waals surface area contributed by atoms with Gasteiger partial charge in [0.05, 0.1) is 34.8 Å². The first-order valence-electron chi connectivity index (χ1n) is 8.53. The van der Waals surface area contributed by atoms with E-state index >= 15 is 0 Å². The summed E-state index contributed by atoms with van der Waals surface area (Å²) in [5.74, 6) is -1.13. The van der Waals surface area contributed by atoms with E-state index in [2.05, 4.69) is 5.32 Å². The quantitative estimate of drug-likeness (QED) is 0.635. The topological polar surface area (TPSA) is 92.8 Å². The lowest BCUT2D eigenvalue weighted by atomic mass is 10.2. The molecular formula is C19H20Cl2N2O5S. The van der Waals surface area contributed by atoms with E-state index in [0.29, 0.717) is 16.3 Å². The molecule has 10 heteroatoms. The van der Waals surface area contributed by atoms with E-state index in [-0.39, 0.29) is 22.9 Å². The van der Waals surface area contributed by atoms with E-state index in [4.69, 9.17) is 27.9 Å². The molecule has 156 valence electrons. The maximum absolute atomic E-state index is 12.5. The molecule has 2 rings (SSSR count). The monoisotopic (exact) mass is 458 g/mol. The van der Waals surface area contributed by atoms with Crippen molar-refractivity contribution in [1.82, 2.24) is 0 Å². The van der Waals surface area contributed by atoms with Gasteiger partial charge in [0.25, 0.3) is 0 Å². The van der Waals surface area contributed by atoms with Crippen molar-refractivity contribution >= 4 is 56.5 Å². The number of esters is 1. The van der Waals surface area contributed by atoms with Gasteiger partial charge in [-0.25, -0.2) is 13.2 Å². The number of ether oxygens (including phenoxy) is 1. The Bertz CT molecular complexity index is 1040. The summed E-state index contributed by atoms with van der Waals surface area (Å²) < 4.78 is 30.4. The van der Waals surface area contributed by atoms with E-state index in [1.807, 2.05) is 0 Å². The van der Waals surface area contributed by atoms with Crippen LogP contribution < -0.4 is 9.62 Å². The Balaban J connectivity index is 2.22. The molecule has 0 aliphatic heterocycles. The predicted molar refractivity (Wildman–Crippen MR) is 114 cm³/mol. The zero-order valence-electron chi connectivity index (χ0n) is 16.0. The Labute approximate surface area is 179 Å². The zero-order chi connectivity index (χ0) is 21.8. The van der Waals surface area contributed by atoms with Crippen molar-refractivity contribution in [2.45, 2.75) is 13.8 Å². The highest BCUT2D eigenvalue weighted by Crippen LogP contribution is 2.27. The number of hydrogen-bond acceptors (Lipinski definition) is 5. The molecule has 0 saturated heterocycles. The molecule has 2 aromatic carbocycles. The summed E-state index contributed by atoms with van der Waals surface area (Å²) in [4.78, 5) is 24.2. The molecule has 0 aliphatic carbocycles. The molecule has 0 radical (unpaired) electrons. The summed E-state index contributed by atoms with van der Waals surface area (Å²) in [6.45, 7) is 3.14. The van der Waals surface area contributed by atoms with Crippen molar-refractivity contribution < 1.29 is 22.7 Å². The van der Waals surface area contributed by atoms with Gasteiger partial charge in [-0.2, -0.15) is 0 Å². The van der Waals surface area contributed by atoms with Crippen LogP contribution in [0.4, 0.5) is 11.4 Å². The van der Waals surface area contributed by atoms with Crippen LogP contribution in [-0.2, 0) is 19.6 Å². The third-order valence-electron chi connectivity index (χ3n) is 3.87. The molecule has 0 aromatic heterocycles. The van der Waals surface area contributed by atoms with Crippen LogP contribution in [0, 0.1) is 6.92 Å². The summed E-state index contributed by atoms with van der Waals surface area (Å²) in [6.07, 6.45) is 1.01. The fourth-order valence-electron chi connectivity index (χ4n) is 2.56. The van der Waals surface area contributed by atoms with Crippen molar-refractivity contribution in [2.75, 3.05) is 29.0 Å². The number of sulfonamides is 1. The van der Waals surface area contributed by atoms with Gasteiger partial charge in [-0.15, -0.1) is 0 Å². The second-order valence-electron chi connectivity index (χ2n) is 6.16. The van der Waals surface area contributed by atoms with Crippen LogP contribution in [0.15, 0.2) is 36.4 Å². The van der Waals surface area contributed by atoms with E-state index in [1.54, 1.807) is 26.0 Å². The number of rotatable bonds is 7. The summed E-state index contributed by atoms with van der Waals surface area (Å²) in [5.41, 5.74) is 1.43. The maximum Gasteiger partial charge on any atom is 0.338 e. The van der Waals surface area contributed by atoms with Crippen molar-refractivity contribution in [3.05, 3.63) is 57.6 Å². The van der Waals surface area contributed by atoms with Crippen LogP contribution in [0.25, 0.3) is 0 Å². The summed E-state index contributed by atoms with van der Waals surface area (Å²) >= 11 is 12.1. The predicted octanol–water partition coefficient (Wildman–Crippen LogP) is 3.88. The number of carbonyl (C=O) groups is 2. The van der Waals surface area contributed by atoms with Crippen LogP contribution >= 0.6 is 23.2 Å². The molecule has 0 aliphatic rings. The second-order valence-corrected chi connectivity index (χ2v) is 8.91. The zero-order valence-corrected chi connectivity index (χ0v) is 18.4. The van der Waals surface area contributed by atoms with Gasteiger partial charge in [-0.1, -0.05) is 23.2 Å². The van der Waals surface area contributed by atoms with Crippen molar-refractivity contribution in [2.24, 2.45) is 0 Å². The van der Waals surface area contributed by atoms with Crippen molar-refractivity contribution in [1.29, 1.82) is 0 Å². The lowest BCUT2D eigenvalue weighted by Gasteiger charge is -2.24. The molecule has 29 heavy (non-hydrogen) atoms. The molecule has 1 N–H and O–H groups in total. The summed E-state index contributed by atoms with van der Waals surface area (Å²) in [6, 6.07) is 8.96. The highest BCUT2D eigenvalue weighted by molar-refractivity contribution is 7.92. The highest BCUT2D eigenvalue weighted by Gasteiger charge is 2.23. The molecule has 2 aromatic rings. The molecule has 7 nitrogen and oxygen atoms in total. The standard InChI is InChI=1S/C19H20Cl2N2O5S/c1-4-28-19(25)13-5-7-16(15(21)10-13)22-18(24)11-23(29(3,26)27)17-8-6-14(20)9-12(17)2/h5-10H,4,11H2,1-3H3,(H,22,24). The number of amides is 1. The summed E-state index contributed by atoms with van der Waals surface area (Å²) in [5, 5.41) is 3.14. The Morgan fingerprint density at radius 1 is 1.14 bits per heavy atom. The van der Waals surface area contributed by atoms with Gasteiger partial charge in [0.2, 0.25) is 15.9 Å². The minimum Gasteiger partial charge on any atom is -0.462 e. The number of nitrogens with one attached hydrogen (secondary N) is 1. The van der Waals surface area contributed by atoms with Crippen LogP contribution in [0.2, 0.25) is 10.0 Å². The number of aryl methyl sites for hydroxylation is 1. The number of carbonyl (C=O) groups excluding carboxylic acids is 2. The van der Waals surface area contributed by atoms with E-state index in [9.17, 15) is 18.0 Å². The second kappa shape index (κ2) is 9.47. The van der Waals surface area contributed by atoms with Crippen LogP contribution in [-0.4, -0.2) is 39.7 Å². The van der Waals surface area contributed by atoms with Gasteiger partial charge in [0.15, 0.2) is 0 Å². The van der Waals surface area contributed by atoms with Gasteiger partial charge in [-0.05, 0) is 55.8 Å². The minimum absolute atomic E-state index is 0.123. The fraction of sp³-hybridized carbons (Fsp3) is 0.263. The Morgan fingerprint density at radius 2 is 1.83 bits per heavy atom. The first kappa shape index (κ1) is 23.0. The average molecular weight is 459 g/mol. The Hall–Kier alpha value is -2.29. The smallest absolute Gasteiger partial charge is 0.338 e. The SMILES string of the molecule is CCOC(=O)c1ccc(NC(=O)CN(c2ccc(Cl)cc2C)S(C)(=O)=O)c(Cl)c1. The normalized spacial score (nSPS) is 11.1. The average Bonchev–Trinajstić information content (AvgIpc) is 2.61. The number of halogens is 2. The molecular weight excluding hydrogens is 439 g/mol. The lowest BCUT2D eigenvalue weighted by Crippen LogP contribution is -2.37. The fourth-order valence-corrected chi connectivity index (χ4v) is 3.93. The molecule has 0 heterocycles. The Kier molecular flexibility index (Phi) is 7.51. The molecule has 0 bridgehead atoms. The summed E-state index contributed by atoms with van der Waals surface area (Å²) in [7, 11) is -3.74. The number of nitrogens with zero attached hydrogens (tertiary/aromatic N) is 1. The van der Waals surface area contributed by atoms with Crippen LogP contribution in [0.5, 0.6) is 0 Å². The minimum atomic E-state index is -3.74. The third-order valence-corrected chi connectivity index (χ3v) is 5.54. The van der Waals surface area contributed by atoms with Gasteiger partial charge >= 0.3 is 5.97 Å². The first-order valence-corrected chi connectivity index (χ1v) is 11.1. The Morgan fingerprint density at radius 3 is 2.38 bits per heavy atom. The number of anilines is 2. The van der Waals surface area contributed by atoms with Crippen molar-refractivity contribution in [3.63, 3.8) is 0 Å². The van der Waals surface area contributed by atoms with E-state index < -0.39 is 28.4 Å². The molecule has 0 unspecified atom stereocenters. The molecule has 0 atom stereocenters. The van der Waals surface area contributed by atoms with E-state index in [0.717, 1.165) is 10.6 Å². The number of benzene rings is 2.